The van der Waals surface area contributed by atoms with E-state index in [-0.39, 0.29) is 5.54 Å². The van der Waals surface area contributed by atoms with Crippen molar-refractivity contribution in [3.63, 3.8) is 0 Å². The predicted octanol–water partition coefficient (Wildman–Crippen LogP) is 3.05. The Bertz CT molecular complexity index is 474. The van der Waals surface area contributed by atoms with Gasteiger partial charge in [-0.05, 0) is 51.3 Å². The smallest absolute Gasteiger partial charge is 0.101 e. The highest BCUT2D eigenvalue weighted by atomic mass is 15.1. The van der Waals surface area contributed by atoms with Gasteiger partial charge in [-0.3, -0.25) is 0 Å². The van der Waals surface area contributed by atoms with Gasteiger partial charge in [0.15, 0.2) is 0 Å². The van der Waals surface area contributed by atoms with Crippen molar-refractivity contribution in [3.05, 3.63) is 29.3 Å². The molecule has 2 rings (SSSR count). The number of nitriles is 1. The standard InChI is InChI=1S/C16H23N3/c1-16(2,3)18-12-13-6-7-15(14(10-13)11-17)19-8-4-5-9-19/h6-7,10,18H,4-5,8-9,12H2,1-3H3. The first-order valence-electron chi connectivity index (χ1n) is 7.02. The van der Waals surface area contributed by atoms with Crippen LogP contribution in [0.2, 0.25) is 0 Å². The highest BCUT2D eigenvalue weighted by molar-refractivity contribution is 5.60. The molecule has 0 bridgehead atoms. The molecule has 0 radical (unpaired) electrons. The van der Waals surface area contributed by atoms with Gasteiger partial charge in [-0.1, -0.05) is 6.07 Å². The number of rotatable bonds is 3. The molecular formula is C16H23N3. The lowest BCUT2D eigenvalue weighted by atomic mass is 10.1. The second-order valence-corrected chi connectivity index (χ2v) is 6.26. The molecule has 0 saturated carbocycles. The van der Waals surface area contributed by atoms with E-state index in [0.717, 1.165) is 30.9 Å². The summed E-state index contributed by atoms with van der Waals surface area (Å²) in [5.74, 6) is 0. The Balaban J connectivity index is 2.14. The number of nitrogens with one attached hydrogen (secondary N) is 1. The second-order valence-electron chi connectivity index (χ2n) is 6.26. The highest BCUT2D eigenvalue weighted by Gasteiger charge is 2.16. The molecule has 1 aliphatic heterocycles. The van der Waals surface area contributed by atoms with Gasteiger partial charge in [0.25, 0.3) is 0 Å². The van der Waals surface area contributed by atoms with E-state index in [1.807, 2.05) is 6.07 Å². The van der Waals surface area contributed by atoms with Crippen LogP contribution in [0.1, 0.15) is 44.7 Å². The van der Waals surface area contributed by atoms with Gasteiger partial charge in [0.2, 0.25) is 0 Å². The van der Waals surface area contributed by atoms with E-state index in [1.54, 1.807) is 0 Å². The van der Waals surface area contributed by atoms with Crippen molar-refractivity contribution < 1.29 is 0 Å². The lowest BCUT2D eigenvalue weighted by molar-refractivity contribution is 0.424. The quantitative estimate of drug-likeness (QED) is 0.904. The van der Waals surface area contributed by atoms with Crippen molar-refractivity contribution in [2.75, 3.05) is 18.0 Å². The van der Waals surface area contributed by atoms with Crippen molar-refractivity contribution in [1.82, 2.24) is 5.32 Å². The van der Waals surface area contributed by atoms with Crippen LogP contribution in [0.15, 0.2) is 18.2 Å². The number of anilines is 1. The number of hydrogen-bond donors (Lipinski definition) is 1. The molecule has 1 fully saturated rings. The molecule has 0 atom stereocenters. The Morgan fingerprint density at radius 3 is 2.53 bits per heavy atom. The fourth-order valence-electron chi connectivity index (χ4n) is 2.38. The third kappa shape index (κ3) is 3.71. The number of hydrogen-bond acceptors (Lipinski definition) is 3. The maximum atomic E-state index is 9.33. The summed E-state index contributed by atoms with van der Waals surface area (Å²) >= 11 is 0. The summed E-state index contributed by atoms with van der Waals surface area (Å²) in [6.07, 6.45) is 2.47. The van der Waals surface area contributed by atoms with Gasteiger partial charge < -0.3 is 10.2 Å². The van der Waals surface area contributed by atoms with Crippen LogP contribution in [-0.2, 0) is 6.54 Å². The second kappa shape index (κ2) is 5.63. The Labute approximate surface area is 116 Å². The van der Waals surface area contributed by atoms with Crippen LogP contribution < -0.4 is 10.2 Å². The molecule has 0 aliphatic carbocycles. The molecule has 1 aromatic carbocycles. The van der Waals surface area contributed by atoms with Crippen LogP contribution in [0.5, 0.6) is 0 Å². The summed E-state index contributed by atoms with van der Waals surface area (Å²) in [6.45, 7) is 9.41. The van der Waals surface area contributed by atoms with Gasteiger partial charge in [-0.25, -0.2) is 0 Å². The van der Waals surface area contributed by atoms with Gasteiger partial charge >= 0.3 is 0 Å². The Hall–Kier alpha value is -1.53. The zero-order valence-corrected chi connectivity index (χ0v) is 12.2. The topological polar surface area (TPSA) is 39.1 Å². The lowest BCUT2D eigenvalue weighted by Crippen LogP contribution is -2.35. The van der Waals surface area contributed by atoms with E-state index in [0.29, 0.717) is 0 Å². The molecule has 1 saturated heterocycles. The highest BCUT2D eigenvalue weighted by Crippen LogP contribution is 2.25. The Morgan fingerprint density at radius 2 is 1.95 bits per heavy atom. The minimum absolute atomic E-state index is 0.0976. The maximum Gasteiger partial charge on any atom is 0.101 e. The van der Waals surface area contributed by atoms with E-state index >= 15 is 0 Å². The fourth-order valence-corrected chi connectivity index (χ4v) is 2.38. The number of nitrogens with zero attached hydrogens (tertiary/aromatic N) is 2. The molecule has 0 amide bonds. The van der Waals surface area contributed by atoms with Crippen molar-refractivity contribution in [2.24, 2.45) is 0 Å². The Morgan fingerprint density at radius 1 is 1.26 bits per heavy atom. The monoisotopic (exact) mass is 257 g/mol. The fraction of sp³-hybridized carbons (Fsp3) is 0.562. The minimum atomic E-state index is 0.0976. The van der Waals surface area contributed by atoms with Crippen LogP contribution >= 0.6 is 0 Å². The van der Waals surface area contributed by atoms with E-state index < -0.39 is 0 Å². The summed E-state index contributed by atoms with van der Waals surface area (Å²) in [7, 11) is 0. The molecule has 1 N–H and O–H groups in total. The van der Waals surface area contributed by atoms with Crippen LogP contribution in [0.25, 0.3) is 0 Å². The lowest BCUT2D eigenvalue weighted by Gasteiger charge is -2.22. The van der Waals surface area contributed by atoms with Gasteiger partial charge in [0, 0.05) is 25.2 Å². The zero-order valence-electron chi connectivity index (χ0n) is 12.2. The first-order valence-corrected chi connectivity index (χ1v) is 7.02. The summed E-state index contributed by atoms with van der Waals surface area (Å²) < 4.78 is 0. The van der Waals surface area contributed by atoms with Crippen LogP contribution in [0.3, 0.4) is 0 Å². The summed E-state index contributed by atoms with van der Waals surface area (Å²) in [5.41, 5.74) is 3.17. The minimum Gasteiger partial charge on any atom is -0.370 e. The van der Waals surface area contributed by atoms with Crippen molar-refractivity contribution in [1.29, 1.82) is 5.26 Å². The third-order valence-corrected chi connectivity index (χ3v) is 3.45. The van der Waals surface area contributed by atoms with Crippen molar-refractivity contribution in [3.8, 4) is 6.07 Å². The first-order chi connectivity index (χ1) is 8.99. The predicted molar refractivity (Wildman–Crippen MR) is 79.2 cm³/mol. The van der Waals surface area contributed by atoms with Crippen LogP contribution in [0.4, 0.5) is 5.69 Å². The van der Waals surface area contributed by atoms with Gasteiger partial charge in [0.05, 0.1) is 11.3 Å². The normalized spacial score (nSPS) is 15.6. The number of benzene rings is 1. The molecule has 1 aromatic rings. The average Bonchev–Trinajstić information content (AvgIpc) is 2.88. The largest absolute Gasteiger partial charge is 0.370 e. The molecular weight excluding hydrogens is 234 g/mol. The molecule has 102 valence electrons. The third-order valence-electron chi connectivity index (χ3n) is 3.45. The molecule has 1 aliphatic rings. The molecule has 3 heteroatoms. The summed E-state index contributed by atoms with van der Waals surface area (Å²) in [5, 5.41) is 12.8. The first kappa shape index (κ1) is 13.9. The van der Waals surface area contributed by atoms with Crippen molar-refractivity contribution in [2.45, 2.75) is 45.7 Å². The van der Waals surface area contributed by atoms with E-state index in [1.165, 1.54) is 18.4 Å². The van der Waals surface area contributed by atoms with E-state index in [4.69, 9.17) is 0 Å². The van der Waals surface area contributed by atoms with Gasteiger partial charge in [-0.15, -0.1) is 0 Å². The molecule has 0 aromatic heterocycles. The maximum absolute atomic E-state index is 9.33. The Kier molecular flexibility index (Phi) is 4.11. The SMILES string of the molecule is CC(C)(C)NCc1ccc(N2CCCC2)c(C#N)c1. The molecule has 1 heterocycles. The summed E-state index contributed by atoms with van der Waals surface area (Å²) in [4.78, 5) is 2.32. The molecule has 19 heavy (non-hydrogen) atoms. The molecule has 3 nitrogen and oxygen atoms in total. The summed E-state index contributed by atoms with van der Waals surface area (Å²) in [6, 6.07) is 8.59. The zero-order chi connectivity index (χ0) is 13.9. The van der Waals surface area contributed by atoms with Gasteiger partial charge in [0.1, 0.15) is 6.07 Å². The van der Waals surface area contributed by atoms with Crippen molar-refractivity contribution >= 4 is 5.69 Å². The molecule has 0 spiro atoms. The van der Waals surface area contributed by atoms with Crippen LogP contribution in [0, 0.1) is 11.3 Å². The van der Waals surface area contributed by atoms with Gasteiger partial charge in [-0.2, -0.15) is 5.26 Å². The average molecular weight is 257 g/mol. The van der Waals surface area contributed by atoms with E-state index in [9.17, 15) is 5.26 Å². The molecule has 0 unspecified atom stereocenters. The van der Waals surface area contributed by atoms with Crippen LogP contribution in [-0.4, -0.2) is 18.6 Å². The van der Waals surface area contributed by atoms with E-state index in [2.05, 4.69) is 49.2 Å².